The molecule has 0 aromatic rings. The molecule has 0 aromatic heterocycles. The van der Waals surface area contributed by atoms with Gasteiger partial charge in [-0.1, -0.05) is 6.92 Å². The van der Waals surface area contributed by atoms with Gasteiger partial charge in [0.25, 0.3) is 0 Å². The lowest BCUT2D eigenvalue weighted by atomic mass is 9.97. The minimum absolute atomic E-state index is 0.362. The van der Waals surface area contributed by atoms with Crippen LogP contribution in [0.4, 0.5) is 0 Å². The molecular formula is C11H24N2O2. The first-order valence-corrected chi connectivity index (χ1v) is 5.80. The third kappa shape index (κ3) is 3.72. The van der Waals surface area contributed by atoms with Gasteiger partial charge in [0.2, 0.25) is 0 Å². The molecule has 0 saturated heterocycles. The minimum Gasteiger partial charge on any atom is -0.387 e. The van der Waals surface area contributed by atoms with E-state index in [1.165, 1.54) is 0 Å². The van der Waals surface area contributed by atoms with E-state index in [0.717, 1.165) is 25.9 Å². The number of likely N-dealkylation sites (N-methyl/N-ethyl adjacent to an activating group) is 1. The largest absolute Gasteiger partial charge is 0.387 e. The molecule has 1 aliphatic rings. The zero-order chi connectivity index (χ0) is 11.3. The van der Waals surface area contributed by atoms with Crippen molar-refractivity contribution in [1.82, 2.24) is 4.90 Å². The lowest BCUT2D eigenvalue weighted by Gasteiger charge is -2.33. The molecule has 1 atom stereocenters. The van der Waals surface area contributed by atoms with Gasteiger partial charge in [0, 0.05) is 26.7 Å². The first kappa shape index (κ1) is 12.9. The fourth-order valence-electron chi connectivity index (χ4n) is 1.94. The Labute approximate surface area is 92.4 Å². The van der Waals surface area contributed by atoms with E-state index >= 15 is 0 Å². The Morgan fingerprint density at radius 3 is 2.60 bits per heavy atom. The van der Waals surface area contributed by atoms with Crippen LogP contribution in [-0.4, -0.2) is 55.5 Å². The third-order valence-corrected chi connectivity index (χ3v) is 3.25. The molecule has 4 heteroatoms. The fraction of sp³-hybridized carbons (Fsp3) is 1.00. The van der Waals surface area contributed by atoms with Crippen molar-refractivity contribution >= 4 is 0 Å². The highest BCUT2D eigenvalue weighted by Gasteiger charge is 2.43. The predicted molar refractivity (Wildman–Crippen MR) is 60.7 cm³/mol. The maximum Gasteiger partial charge on any atom is 0.0923 e. The van der Waals surface area contributed by atoms with Crippen molar-refractivity contribution in [2.45, 2.75) is 25.4 Å². The molecule has 1 saturated carbocycles. The van der Waals surface area contributed by atoms with Gasteiger partial charge in [0.05, 0.1) is 12.2 Å². The molecule has 4 nitrogen and oxygen atoms in total. The quantitative estimate of drug-likeness (QED) is 0.602. The van der Waals surface area contributed by atoms with Crippen LogP contribution in [0.25, 0.3) is 0 Å². The summed E-state index contributed by atoms with van der Waals surface area (Å²) in [5.74, 6) is 0.416. The summed E-state index contributed by atoms with van der Waals surface area (Å²) in [5.41, 5.74) is 4.99. The third-order valence-electron chi connectivity index (χ3n) is 3.25. The van der Waals surface area contributed by atoms with Crippen LogP contribution in [0.2, 0.25) is 0 Å². The van der Waals surface area contributed by atoms with Crippen molar-refractivity contribution in [3.05, 3.63) is 0 Å². The topological polar surface area (TPSA) is 58.7 Å². The van der Waals surface area contributed by atoms with Crippen molar-refractivity contribution < 1.29 is 9.84 Å². The molecule has 0 aromatic carbocycles. The molecule has 15 heavy (non-hydrogen) atoms. The maximum absolute atomic E-state index is 10.4. The molecule has 1 unspecified atom stereocenters. The van der Waals surface area contributed by atoms with Crippen LogP contribution in [0.5, 0.6) is 0 Å². The Balaban J connectivity index is 2.40. The Kier molecular flexibility index (Phi) is 4.99. The van der Waals surface area contributed by atoms with Gasteiger partial charge in [0.15, 0.2) is 0 Å². The highest BCUT2D eigenvalue weighted by Crippen LogP contribution is 2.39. The lowest BCUT2D eigenvalue weighted by molar-refractivity contribution is -0.0117. The average molecular weight is 216 g/mol. The average Bonchev–Trinajstić information content (AvgIpc) is 3.07. The summed E-state index contributed by atoms with van der Waals surface area (Å²) in [6, 6.07) is 0. The molecule has 0 spiro atoms. The summed E-state index contributed by atoms with van der Waals surface area (Å²) in [6.45, 7) is 5.63. The lowest BCUT2D eigenvalue weighted by Crippen LogP contribution is -2.50. The summed E-state index contributed by atoms with van der Waals surface area (Å²) in [7, 11) is 1.70. The second-order valence-electron chi connectivity index (χ2n) is 4.44. The van der Waals surface area contributed by atoms with Crippen LogP contribution < -0.4 is 5.73 Å². The van der Waals surface area contributed by atoms with E-state index in [2.05, 4.69) is 11.8 Å². The van der Waals surface area contributed by atoms with Crippen molar-refractivity contribution in [3.63, 3.8) is 0 Å². The van der Waals surface area contributed by atoms with Gasteiger partial charge < -0.3 is 15.6 Å². The van der Waals surface area contributed by atoms with Crippen molar-refractivity contribution in [1.29, 1.82) is 0 Å². The van der Waals surface area contributed by atoms with E-state index in [1.54, 1.807) is 7.11 Å². The van der Waals surface area contributed by atoms with Crippen LogP contribution in [-0.2, 0) is 4.74 Å². The highest BCUT2D eigenvalue weighted by molar-refractivity contribution is 4.97. The number of ether oxygens (including phenoxy) is 1. The van der Waals surface area contributed by atoms with Gasteiger partial charge in [-0.3, -0.25) is 4.90 Å². The molecule has 1 aliphatic carbocycles. The number of methoxy groups -OCH3 is 1. The van der Waals surface area contributed by atoms with Gasteiger partial charge in [-0.15, -0.1) is 0 Å². The zero-order valence-corrected chi connectivity index (χ0v) is 9.91. The van der Waals surface area contributed by atoms with Crippen molar-refractivity contribution in [2.75, 3.05) is 39.9 Å². The minimum atomic E-state index is -0.677. The summed E-state index contributed by atoms with van der Waals surface area (Å²) < 4.78 is 5.04. The second kappa shape index (κ2) is 5.80. The van der Waals surface area contributed by atoms with Gasteiger partial charge in [0.1, 0.15) is 0 Å². The zero-order valence-electron chi connectivity index (χ0n) is 9.91. The van der Waals surface area contributed by atoms with Crippen LogP contribution in [0.3, 0.4) is 0 Å². The molecular weight excluding hydrogens is 192 g/mol. The molecule has 0 amide bonds. The van der Waals surface area contributed by atoms with Gasteiger partial charge in [-0.25, -0.2) is 0 Å². The first-order valence-electron chi connectivity index (χ1n) is 5.80. The Hall–Kier alpha value is -0.160. The van der Waals surface area contributed by atoms with E-state index in [-0.39, 0.29) is 0 Å². The summed E-state index contributed by atoms with van der Waals surface area (Å²) in [6.07, 6.45) is 2.24. The van der Waals surface area contributed by atoms with Gasteiger partial charge in [-0.05, 0) is 25.3 Å². The summed E-state index contributed by atoms with van der Waals surface area (Å²) in [5, 5.41) is 10.4. The smallest absolute Gasteiger partial charge is 0.0923 e. The maximum atomic E-state index is 10.4. The molecule has 0 aliphatic heterocycles. The van der Waals surface area contributed by atoms with Crippen LogP contribution in [0.15, 0.2) is 0 Å². The monoisotopic (exact) mass is 216 g/mol. The molecule has 0 radical (unpaired) electrons. The van der Waals surface area contributed by atoms with E-state index in [4.69, 9.17) is 10.5 Å². The van der Waals surface area contributed by atoms with E-state index in [9.17, 15) is 5.11 Å². The number of hydrogen-bond acceptors (Lipinski definition) is 4. The van der Waals surface area contributed by atoms with E-state index in [1.807, 2.05) is 0 Å². The Morgan fingerprint density at radius 1 is 1.53 bits per heavy atom. The van der Waals surface area contributed by atoms with Crippen molar-refractivity contribution in [3.8, 4) is 0 Å². The van der Waals surface area contributed by atoms with Crippen LogP contribution in [0.1, 0.15) is 19.8 Å². The normalized spacial score (nSPS) is 20.6. The second-order valence-corrected chi connectivity index (χ2v) is 4.44. The van der Waals surface area contributed by atoms with Crippen LogP contribution >= 0.6 is 0 Å². The van der Waals surface area contributed by atoms with E-state index in [0.29, 0.717) is 25.6 Å². The number of aliphatic hydroxyl groups is 1. The molecule has 90 valence electrons. The number of hydrogen-bond donors (Lipinski definition) is 2. The summed E-state index contributed by atoms with van der Waals surface area (Å²) >= 11 is 0. The van der Waals surface area contributed by atoms with Crippen molar-refractivity contribution in [2.24, 2.45) is 11.7 Å². The highest BCUT2D eigenvalue weighted by atomic mass is 16.5. The Bertz CT molecular complexity index is 185. The molecule has 0 bridgehead atoms. The fourth-order valence-corrected chi connectivity index (χ4v) is 1.94. The van der Waals surface area contributed by atoms with Gasteiger partial charge >= 0.3 is 0 Å². The predicted octanol–water partition coefficient (Wildman–Crippen LogP) is 0.0545. The number of nitrogens with zero attached hydrogens (tertiary/aromatic N) is 1. The first-order chi connectivity index (χ1) is 7.16. The molecule has 1 rings (SSSR count). The molecule has 1 fully saturated rings. The van der Waals surface area contributed by atoms with Crippen LogP contribution in [0, 0.1) is 5.92 Å². The summed E-state index contributed by atoms with van der Waals surface area (Å²) in [4.78, 5) is 2.20. The molecule has 0 heterocycles. The molecule has 3 N–H and O–H groups in total. The Morgan fingerprint density at radius 2 is 2.20 bits per heavy atom. The SMILES string of the molecule is CCN(CCOC)CC(O)(CN)C1CC1. The van der Waals surface area contributed by atoms with Gasteiger partial charge in [-0.2, -0.15) is 0 Å². The number of rotatable bonds is 8. The van der Waals surface area contributed by atoms with E-state index < -0.39 is 5.60 Å². The number of nitrogens with two attached hydrogens (primary N) is 1. The standard InChI is InChI=1S/C11H24N2O2/c1-3-13(6-7-15-2)9-11(14,8-12)10-4-5-10/h10,14H,3-9,12H2,1-2H3.